The molecule has 1 heterocycles. The van der Waals surface area contributed by atoms with E-state index < -0.39 is 24.4 Å². The summed E-state index contributed by atoms with van der Waals surface area (Å²) in [7, 11) is 1.31. The molecular formula is C17H15F4NO3. The zero-order valence-corrected chi connectivity index (χ0v) is 13.2. The van der Waals surface area contributed by atoms with E-state index in [9.17, 15) is 22.4 Å². The minimum absolute atomic E-state index is 0.0278. The predicted molar refractivity (Wildman–Crippen MR) is 82.2 cm³/mol. The number of carbonyl (C=O) groups is 1. The lowest BCUT2D eigenvalue weighted by atomic mass is 10.2. The van der Waals surface area contributed by atoms with E-state index in [0.717, 1.165) is 12.1 Å². The molecule has 0 fully saturated rings. The van der Waals surface area contributed by atoms with Crippen LogP contribution in [0.2, 0.25) is 0 Å². The van der Waals surface area contributed by atoms with Crippen LogP contribution in [0.25, 0.3) is 6.08 Å². The normalized spacial score (nSPS) is 11.7. The first-order chi connectivity index (χ1) is 11.8. The second-order valence-corrected chi connectivity index (χ2v) is 5.12. The Hall–Kier alpha value is -2.77. The molecule has 25 heavy (non-hydrogen) atoms. The highest BCUT2D eigenvalue weighted by atomic mass is 19.4. The number of carbonyl (C=O) groups excluding carboxylic acids is 1. The number of methoxy groups -OCH3 is 1. The van der Waals surface area contributed by atoms with Crippen molar-refractivity contribution in [1.82, 2.24) is 4.90 Å². The topological polar surface area (TPSA) is 42.7 Å². The SMILES string of the molecule is COc1ccc(/C=C/C(=O)N(Cc2ccco2)CC(F)(F)F)cc1F. The van der Waals surface area contributed by atoms with Crippen molar-refractivity contribution in [2.75, 3.05) is 13.7 Å². The lowest BCUT2D eigenvalue weighted by Crippen LogP contribution is -2.37. The van der Waals surface area contributed by atoms with Crippen molar-refractivity contribution in [3.05, 3.63) is 59.8 Å². The highest BCUT2D eigenvalue weighted by Crippen LogP contribution is 2.20. The van der Waals surface area contributed by atoms with Gasteiger partial charge in [-0.3, -0.25) is 4.79 Å². The third-order valence-corrected chi connectivity index (χ3v) is 3.20. The van der Waals surface area contributed by atoms with Gasteiger partial charge in [0.15, 0.2) is 11.6 Å². The van der Waals surface area contributed by atoms with Crippen LogP contribution in [-0.2, 0) is 11.3 Å². The predicted octanol–water partition coefficient (Wildman–Crippen LogP) is 4.03. The Morgan fingerprint density at radius 3 is 2.64 bits per heavy atom. The number of nitrogens with zero attached hydrogens (tertiary/aromatic N) is 1. The smallest absolute Gasteiger partial charge is 0.406 e. The summed E-state index contributed by atoms with van der Waals surface area (Å²) >= 11 is 0. The number of benzene rings is 1. The first-order valence-electron chi connectivity index (χ1n) is 7.18. The van der Waals surface area contributed by atoms with Crippen molar-refractivity contribution in [1.29, 1.82) is 0 Å². The van der Waals surface area contributed by atoms with Gasteiger partial charge in [-0.05, 0) is 35.9 Å². The molecule has 0 saturated heterocycles. The van der Waals surface area contributed by atoms with Crippen LogP contribution < -0.4 is 4.74 Å². The molecule has 0 bridgehead atoms. The molecule has 0 atom stereocenters. The van der Waals surface area contributed by atoms with Gasteiger partial charge in [-0.15, -0.1) is 0 Å². The van der Waals surface area contributed by atoms with Crippen molar-refractivity contribution < 1.29 is 31.5 Å². The highest BCUT2D eigenvalue weighted by Gasteiger charge is 2.32. The maximum atomic E-state index is 13.6. The number of alkyl halides is 3. The average molecular weight is 357 g/mol. The summed E-state index contributed by atoms with van der Waals surface area (Å²) in [6, 6.07) is 6.94. The van der Waals surface area contributed by atoms with Crippen molar-refractivity contribution in [2.24, 2.45) is 0 Å². The number of furan rings is 1. The number of amides is 1. The Morgan fingerprint density at radius 1 is 1.32 bits per heavy atom. The van der Waals surface area contributed by atoms with Crippen LogP contribution in [0, 0.1) is 5.82 Å². The lowest BCUT2D eigenvalue weighted by molar-refractivity contribution is -0.159. The van der Waals surface area contributed by atoms with Gasteiger partial charge < -0.3 is 14.1 Å². The Kier molecular flexibility index (Phi) is 5.84. The third-order valence-electron chi connectivity index (χ3n) is 3.20. The third kappa shape index (κ3) is 5.66. The molecule has 0 aliphatic rings. The Labute approximate surface area is 141 Å². The number of hydrogen-bond donors (Lipinski definition) is 0. The average Bonchev–Trinajstić information content (AvgIpc) is 3.04. The maximum absolute atomic E-state index is 13.6. The Morgan fingerprint density at radius 2 is 2.08 bits per heavy atom. The molecule has 0 aliphatic carbocycles. The summed E-state index contributed by atoms with van der Waals surface area (Å²) in [6.45, 7) is -1.75. The number of rotatable bonds is 6. The fourth-order valence-corrected chi connectivity index (χ4v) is 2.08. The van der Waals surface area contributed by atoms with Gasteiger partial charge in [0.2, 0.25) is 5.91 Å². The molecule has 1 aromatic heterocycles. The molecule has 2 rings (SSSR count). The molecule has 0 spiro atoms. The zero-order valence-electron chi connectivity index (χ0n) is 13.2. The Balaban J connectivity index is 2.13. The first-order valence-corrected chi connectivity index (χ1v) is 7.18. The van der Waals surface area contributed by atoms with Gasteiger partial charge in [-0.25, -0.2) is 4.39 Å². The molecule has 134 valence electrons. The monoisotopic (exact) mass is 357 g/mol. The van der Waals surface area contributed by atoms with Crippen LogP contribution >= 0.6 is 0 Å². The molecule has 2 aromatic rings. The van der Waals surface area contributed by atoms with Gasteiger partial charge >= 0.3 is 6.18 Å². The summed E-state index contributed by atoms with van der Waals surface area (Å²) in [5, 5.41) is 0. The molecule has 0 radical (unpaired) electrons. The van der Waals surface area contributed by atoms with Gasteiger partial charge in [-0.1, -0.05) is 6.07 Å². The molecule has 0 saturated carbocycles. The molecule has 8 heteroatoms. The fraction of sp³-hybridized carbons (Fsp3) is 0.235. The fourth-order valence-electron chi connectivity index (χ4n) is 2.08. The quantitative estimate of drug-likeness (QED) is 0.579. The second-order valence-electron chi connectivity index (χ2n) is 5.12. The van der Waals surface area contributed by atoms with Crippen LogP contribution in [0.4, 0.5) is 17.6 Å². The van der Waals surface area contributed by atoms with Crippen molar-refractivity contribution in [2.45, 2.75) is 12.7 Å². The molecular weight excluding hydrogens is 342 g/mol. The minimum atomic E-state index is -4.55. The van der Waals surface area contributed by atoms with E-state index in [4.69, 9.17) is 9.15 Å². The van der Waals surface area contributed by atoms with Crippen LogP contribution in [0.1, 0.15) is 11.3 Å². The number of halogens is 4. The summed E-state index contributed by atoms with van der Waals surface area (Å²) in [5.74, 6) is -1.26. The summed E-state index contributed by atoms with van der Waals surface area (Å²) in [4.78, 5) is 12.7. The largest absolute Gasteiger partial charge is 0.494 e. The number of ether oxygens (including phenoxy) is 1. The molecule has 1 aromatic carbocycles. The number of hydrogen-bond acceptors (Lipinski definition) is 3. The van der Waals surface area contributed by atoms with Crippen LogP contribution in [-0.4, -0.2) is 30.6 Å². The van der Waals surface area contributed by atoms with Crippen LogP contribution in [0.15, 0.2) is 47.1 Å². The molecule has 1 amide bonds. The molecule has 4 nitrogen and oxygen atoms in total. The van der Waals surface area contributed by atoms with Gasteiger partial charge in [0.25, 0.3) is 0 Å². The standard InChI is InChI=1S/C17H15F4NO3/c1-24-15-6-4-12(9-14(15)18)5-7-16(23)22(11-17(19,20)21)10-13-3-2-8-25-13/h2-9H,10-11H2,1H3/b7-5+. The van der Waals surface area contributed by atoms with Crippen molar-refractivity contribution in [3.63, 3.8) is 0 Å². The van der Waals surface area contributed by atoms with Gasteiger partial charge in [0.05, 0.1) is 19.9 Å². The first kappa shape index (κ1) is 18.6. The van der Waals surface area contributed by atoms with E-state index in [1.165, 1.54) is 43.7 Å². The molecule has 0 aliphatic heterocycles. The highest BCUT2D eigenvalue weighted by molar-refractivity contribution is 5.91. The van der Waals surface area contributed by atoms with Gasteiger partial charge in [0, 0.05) is 6.08 Å². The van der Waals surface area contributed by atoms with E-state index >= 15 is 0 Å². The van der Waals surface area contributed by atoms with Crippen molar-refractivity contribution >= 4 is 12.0 Å². The van der Waals surface area contributed by atoms with Gasteiger partial charge in [-0.2, -0.15) is 13.2 Å². The summed E-state index contributed by atoms with van der Waals surface area (Å²) in [5.41, 5.74) is 0.316. The van der Waals surface area contributed by atoms with Crippen molar-refractivity contribution in [3.8, 4) is 5.75 Å². The van der Waals surface area contributed by atoms with E-state index in [0.29, 0.717) is 10.5 Å². The van der Waals surface area contributed by atoms with Crippen LogP contribution in [0.3, 0.4) is 0 Å². The summed E-state index contributed by atoms with van der Waals surface area (Å²) in [6.07, 6.45) is -1.06. The van der Waals surface area contributed by atoms with E-state index in [-0.39, 0.29) is 18.1 Å². The maximum Gasteiger partial charge on any atom is 0.406 e. The lowest BCUT2D eigenvalue weighted by Gasteiger charge is -2.21. The molecule has 0 N–H and O–H groups in total. The Bertz CT molecular complexity index is 739. The van der Waals surface area contributed by atoms with E-state index in [1.807, 2.05) is 0 Å². The van der Waals surface area contributed by atoms with E-state index in [1.54, 1.807) is 0 Å². The van der Waals surface area contributed by atoms with Gasteiger partial charge in [0.1, 0.15) is 12.3 Å². The van der Waals surface area contributed by atoms with E-state index in [2.05, 4.69) is 0 Å². The zero-order chi connectivity index (χ0) is 18.4. The summed E-state index contributed by atoms with van der Waals surface area (Å²) < 4.78 is 61.4. The van der Waals surface area contributed by atoms with Crippen LogP contribution in [0.5, 0.6) is 5.75 Å². The second kappa shape index (κ2) is 7.87. The molecule has 0 unspecified atom stereocenters. The minimum Gasteiger partial charge on any atom is -0.494 e.